The van der Waals surface area contributed by atoms with Crippen molar-refractivity contribution in [2.45, 2.75) is 19.6 Å². The molecule has 5 nitrogen and oxygen atoms in total. The number of aliphatic hydroxyl groups is 1. The van der Waals surface area contributed by atoms with Crippen LogP contribution in [-0.4, -0.2) is 26.4 Å². The minimum absolute atomic E-state index is 0.0649. The molecule has 0 aliphatic heterocycles. The Hall–Kier alpha value is -0.940. The van der Waals surface area contributed by atoms with Crippen LogP contribution in [0, 0.1) is 0 Å². The number of nitrogens with two attached hydrogens (primary N) is 1. The van der Waals surface area contributed by atoms with Gasteiger partial charge in [0.1, 0.15) is 12.9 Å². The lowest BCUT2D eigenvalue weighted by atomic mass is 10.4. The maximum absolute atomic E-state index is 8.75. The van der Waals surface area contributed by atoms with Crippen LogP contribution in [-0.2, 0) is 13.2 Å². The number of rotatable bonds is 4. The van der Waals surface area contributed by atoms with Crippen LogP contribution >= 0.6 is 0 Å². The van der Waals surface area contributed by atoms with Gasteiger partial charge in [-0.2, -0.15) is 0 Å². The Labute approximate surface area is 64.9 Å². The quantitative estimate of drug-likeness (QED) is 0.593. The number of nitrogens with zero attached hydrogens (tertiary/aromatic N) is 3. The van der Waals surface area contributed by atoms with E-state index in [1.54, 1.807) is 10.9 Å². The summed E-state index contributed by atoms with van der Waals surface area (Å²) in [5, 5.41) is 16.1. The van der Waals surface area contributed by atoms with Crippen LogP contribution in [0.4, 0.5) is 0 Å². The third-order valence-corrected chi connectivity index (χ3v) is 1.44. The monoisotopic (exact) mass is 156 g/mol. The van der Waals surface area contributed by atoms with E-state index in [9.17, 15) is 0 Å². The molecule has 5 heteroatoms. The van der Waals surface area contributed by atoms with Crippen LogP contribution < -0.4 is 5.73 Å². The lowest BCUT2D eigenvalue weighted by Crippen LogP contribution is -2.07. The Morgan fingerprint density at radius 1 is 1.64 bits per heavy atom. The van der Waals surface area contributed by atoms with Gasteiger partial charge in [-0.1, -0.05) is 0 Å². The van der Waals surface area contributed by atoms with Crippen LogP contribution in [0.1, 0.15) is 12.2 Å². The summed E-state index contributed by atoms with van der Waals surface area (Å²) in [5.74, 6) is 0.596. The summed E-state index contributed by atoms with van der Waals surface area (Å²) in [7, 11) is 0. The van der Waals surface area contributed by atoms with Crippen LogP contribution in [0.2, 0.25) is 0 Å². The van der Waals surface area contributed by atoms with Crippen molar-refractivity contribution in [1.29, 1.82) is 0 Å². The van der Waals surface area contributed by atoms with Crippen LogP contribution in [0.15, 0.2) is 6.33 Å². The SMILES string of the molecule is NCCCn1cnnc1CO. The maximum atomic E-state index is 8.75. The van der Waals surface area contributed by atoms with E-state index in [-0.39, 0.29) is 6.61 Å². The Morgan fingerprint density at radius 2 is 2.45 bits per heavy atom. The van der Waals surface area contributed by atoms with E-state index >= 15 is 0 Å². The van der Waals surface area contributed by atoms with Crippen molar-refractivity contribution in [3.8, 4) is 0 Å². The molecule has 0 unspecified atom stereocenters. The van der Waals surface area contributed by atoms with Gasteiger partial charge in [0.15, 0.2) is 5.82 Å². The van der Waals surface area contributed by atoms with Crippen molar-refractivity contribution in [3.63, 3.8) is 0 Å². The first kappa shape index (κ1) is 8.16. The molecule has 0 spiro atoms. The second kappa shape index (κ2) is 4.05. The van der Waals surface area contributed by atoms with Crippen molar-refractivity contribution >= 4 is 0 Å². The van der Waals surface area contributed by atoms with Crippen molar-refractivity contribution in [1.82, 2.24) is 14.8 Å². The Kier molecular flexibility index (Phi) is 3.00. The Bertz CT molecular complexity index is 210. The highest BCUT2D eigenvalue weighted by Crippen LogP contribution is 1.95. The third kappa shape index (κ3) is 1.99. The normalized spacial score (nSPS) is 10.4. The number of aliphatic hydroxyl groups excluding tert-OH is 1. The van der Waals surface area contributed by atoms with Crippen molar-refractivity contribution in [3.05, 3.63) is 12.2 Å². The summed E-state index contributed by atoms with van der Waals surface area (Å²) in [4.78, 5) is 0. The summed E-state index contributed by atoms with van der Waals surface area (Å²) in [5.41, 5.74) is 5.32. The fraction of sp³-hybridized carbons (Fsp3) is 0.667. The smallest absolute Gasteiger partial charge is 0.158 e. The van der Waals surface area contributed by atoms with Gasteiger partial charge >= 0.3 is 0 Å². The zero-order valence-electron chi connectivity index (χ0n) is 6.27. The highest BCUT2D eigenvalue weighted by atomic mass is 16.3. The number of hydrogen-bond donors (Lipinski definition) is 2. The second-order valence-corrected chi connectivity index (χ2v) is 2.24. The summed E-state index contributed by atoms with van der Waals surface area (Å²) in [6.07, 6.45) is 2.48. The van der Waals surface area contributed by atoms with Gasteiger partial charge in [0.2, 0.25) is 0 Å². The molecule has 3 N–H and O–H groups in total. The van der Waals surface area contributed by atoms with Crippen LogP contribution in [0.25, 0.3) is 0 Å². The second-order valence-electron chi connectivity index (χ2n) is 2.24. The number of aromatic nitrogens is 3. The molecule has 1 aromatic heterocycles. The lowest BCUT2D eigenvalue weighted by molar-refractivity contribution is 0.264. The summed E-state index contributed by atoms with van der Waals surface area (Å²) in [6.45, 7) is 1.35. The molecular formula is C6H12N4O. The molecule has 0 radical (unpaired) electrons. The maximum Gasteiger partial charge on any atom is 0.158 e. The predicted octanol–water partition coefficient (Wildman–Crippen LogP) is -0.881. The molecule has 0 aliphatic carbocycles. The summed E-state index contributed by atoms with van der Waals surface area (Å²) >= 11 is 0. The van der Waals surface area contributed by atoms with Crippen molar-refractivity contribution < 1.29 is 5.11 Å². The van der Waals surface area contributed by atoms with Crippen LogP contribution in [0.5, 0.6) is 0 Å². The van der Waals surface area contributed by atoms with Gasteiger partial charge in [0, 0.05) is 6.54 Å². The molecule has 11 heavy (non-hydrogen) atoms. The largest absolute Gasteiger partial charge is 0.388 e. The first-order valence-electron chi connectivity index (χ1n) is 3.56. The average molecular weight is 156 g/mol. The number of hydrogen-bond acceptors (Lipinski definition) is 4. The molecular weight excluding hydrogens is 144 g/mol. The zero-order chi connectivity index (χ0) is 8.10. The molecule has 0 bridgehead atoms. The fourth-order valence-corrected chi connectivity index (χ4v) is 0.850. The van der Waals surface area contributed by atoms with Gasteiger partial charge in [-0.25, -0.2) is 0 Å². The topological polar surface area (TPSA) is 77.0 Å². The van der Waals surface area contributed by atoms with Gasteiger partial charge in [-0.05, 0) is 13.0 Å². The van der Waals surface area contributed by atoms with E-state index in [0.29, 0.717) is 12.4 Å². The van der Waals surface area contributed by atoms with Crippen LogP contribution in [0.3, 0.4) is 0 Å². The molecule has 1 heterocycles. The Morgan fingerprint density at radius 3 is 3.09 bits per heavy atom. The van der Waals surface area contributed by atoms with E-state index in [1.165, 1.54) is 0 Å². The molecule has 0 saturated carbocycles. The van der Waals surface area contributed by atoms with Gasteiger partial charge in [-0.15, -0.1) is 10.2 Å². The molecule has 1 aromatic rings. The molecule has 0 fully saturated rings. The molecule has 0 saturated heterocycles. The summed E-state index contributed by atoms with van der Waals surface area (Å²) < 4.78 is 1.80. The van der Waals surface area contributed by atoms with Gasteiger partial charge in [-0.3, -0.25) is 0 Å². The van der Waals surface area contributed by atoms with Crippen molar-refractivity contribution in [2.24, 2.45) is 5.73 Å². The van der Waals surface area contributed by atoms with E-state index < -0.39 is 0 Å². The predicted molar refractivity (Wildman–Crippen MR) is 39.6 cm³/mol. The van der Waals surface area contributed by atoms with E-state index in [4.69, 9.17) is 10.8 Å². The molecule has 0 amide bonds. The van der Waals surface area contributed by atoms with E-state index in [1.807, 2.05) is 0 Å². The highest BCUT2D eigenvalue weighted by Gasteiger charge is 1.99. The van der Waals surface area contributed by atoms with Gasteiger partial charge in [0.05, 0.1) is 0 Å². The first-order chi connectivity index (χ1) is 5.38. The third-order valence-electron chi connectivity index (χ3n) is 1.44. The number of aryl methyl sites for hydroxylation is 1. The first-order valence-corrected chi connectivity index (χ1v) is 3.56. The minimum atomic E-state index is -0.0649. The van der Waals surface area contributed by atoms with Gasteiger partial charge < -0.3 is 15.4 Å². The lowest BCUT2D eigenvalue weighted by Gasteiger charge is -2.01. The minimum Gasteiger partial charge on any atom is -0.388 e. The zero-order valence-corrected chi connectivity index (χ0v) is 6.27. The Balaban J connectivity index is 2.54. The molecule has 0 atom stereocenters. The highest BCUT2D eigenvalue weighted by molar-refractivity contribution is 4.81. The average Bonchev–Trinajstić information content (AvgIpc) is 2.47. The fourth-order valence-electron chi connectivity index (χ4n) is 0.850. The van der Waals surface area contributed by atoms with E-state index in [2.05, 4.69) is 10.2 Å². The molecule has 62 valence electrons. The molecule has 0 aromatic carbocycles. The van der Waals surface area contributed by atoms with Crippen molar-refractivity contribution in [2.75, 3.05) is 6.54 Å². The molecule has 1 rings (SSSR count). The standard InChI is InChI=1S/C6H12N4O/c7-2-1-3-10-5-8-9-6(10)4-11/h5,11H,1-4,7H2. The molecule has 0 aliphatic rings. The van der Waals surface area contributed by atoms with E-state index in [0.717, 1.165) is 13.0 Å². The van der Waals surface area contributed by atoms with Gasteiger partial charge in [0.25, 0.3) is 0 Å². The summed E-state index contributed by atoms with van der Waals surface area (Å²) in [6, 6.07) is 0.